The lowest BCUT2D eigenvalue weighted by molar-refractivity contribution is -0.210. The summed E-state index contributed by atoms with van der Waals surface area (Å²) in [5, 5.41) is 10.2. The van der Waals surface area contributed by atoms with Gasteiger partial charge in [-0.25, -0.2) is 0 Å². The van der Waals surface area contributed by atoms with Crippen LogP contribution >= 0.6 is 0 Å². The standard InChI is InChI=1S/C28H42O6/c1-7-33-23(29)21-17-14-20-26(5)11-9-12-27(6,25(31)32)19(26)10-13-28(20,15-18(17)16(3)4)22(21)24(30)34-8-2/h15-17,19-22H,7-14H2,1-6H3,(H,31,32)/t17-,19+,20+,21-,22-,26-,27+,28-/m0/s1. The number of allylic oxidation sites excluding steroid dienone is 2. The molecule has 2 bridgehead atoms. The maximum Gasteiger partial charge on any atom is 0.310 e. The fourth-order valence-electron chi connectivity index (χ4n) is 9.00. The van der Waals surface area contributed by atoms with Crippen LogP contribution in [0.2, 0.25) is 0 Å². The van der Waals surface area contributed by atoms with E-state index in [0.29, 0.717) is 12.8 Å². The number of hydrogen-bond acceptors (Lipinski definition) is 5. The first-order chi connectivity index (χ1) is 16.0. The van der Waals surface area contributed by atoms with Gasteiger partial charge in [0.2, 0.25) is 0 Å². The van der Waals surface area contributed by atoms with Gasteiger partial charge >= 0.3 is 17.9 Å². The maximum atomic E-state index is 13.6. The Balaban J connectivity index is 1.88. The molecule has 5 aliphatic carbocycles. The monoisotopic (exact) mass is 474 g/mol. The van der Waals surface area contributed by atoms with Crippen molar-refractivity contribution in [1.29, 1.82) is 0 Å². The average Bonchev–Trinajstić information content (AvgIpc) is 2.77. The van der Waals surface area contributed by atoms with Crippen molar-refractivity contribution in [2.45, 2.75) is 80.1 Å². The van der Waals surface area contributed by atoms with Crippen LogP contribution in [0.3, 0.4) is 0 Å². The minimum Gasteiger partial charge on any atom is -0.481 e. The largest absolute Gasteiger partial charge is 0.481 e. The molecular weight excluding hydrogens is 432 g/mol. The molecule has 0 saturated heterocycles. The first-order valence-electron chi connectivity index (χ1n) is 13.3. The number of hydrogen-bond donors (Lipinski definition) is 1. The molecule has 0 amide bonds. The summed E-state index contributed by atoms with van der Waals surface area (Å²) in [5.74, 6) is -2.01. The third-order valence-electron chi connectivity index (χ3n) is 10.3. The summed E-state index contributed by atoms with van der Waals surface area (Å²) in [6.07, 6.45) is 7.15. The minimum absolute atomic E-state index is 0.0565. The summed E-state index contributed by atoms with van der Waals surface area (Å²) >= 11 is 0. The van der Waals surface area contributed by atoms with E-state index in [1.54, 1.807) is 13.8 Å². The van der Waals surface area contributed by atoms with Gasteiger partial charge in [-0.05, 0) is 82.0 Å². The van der Waals surface area contributed by atoms with Gasteiger partial charge in [-0.15, -0.1) is 0 Å². The molecule has 0 aromatic heterocycles. The van der Waals surface area contributed by atoms with Crippen molar-refractivity contribution in [3.63, 3.8) is 0 Å². The molecule has 8 atom stereocenters. The van der Waals surface area contributed by atoms with Crippen LogP contribution < -0.4 is 0 Å². The van der Waals surface area contributed by atoms with Gasteiger partial charge in [0.15, 0.2) is 0 Å². The summed E-state index contributed by atoms with van der Waals surface area (Å²) in [6, 6.07) is 0. The van der Waals surface area contributed by atoms with Gasteiger partial charge < -0.3 is 14.6 Å². The number of carboxylic acid groups (broad SMARTS) is 1. The van der Waals surface area contributed by atoms with Gasteiger partial charge in [0.1, 0.15) is 0 Å². The van der Waals surface area contributed by atoms with E-state index in [1.165, 1.54) is 5.57 Å². The van der Waals surface area contributed by atoms with E-state index in [0.717, 1.165) is 25.7 Å². The molecule has 0 aromatic rings. The minimum atomic E-state index is -0.754. The highest BCUT2D eigenvalue weighted by molar-refractivity contribution is 5.85. The van der Waals surface area contributed by atoms with Crippen LogP contribution in [0.15, 0.2) is 11.6 Å². The average molecular weight is 475 g/mol. The summed E-state index contributed by atoms with van der Waals surface area (Å²) in [5.41, 5.74) is -0.199. The first-order valence-corrected chi connectivity index (χ1v) is 13.3. The van der Waals surface area contributed by atoms with Crippen molar-refractivity contribution in [1.82, 2.24) is 0 Å². The highest BCUT2D eigenvalue weighted by Gasteiger charge is 2.71. The van der Waals surface area contributed by atoms with Crippen LogP contribution in [0.25, 0.3) is 0 Å². The fraction of sp³-hybridized carbons (Fsp3) is 0.821. The van der Waals surface area contributed by atoms with Crippen LogP contribution in [0.5, 0.6) is 0 Å². The molecule has 3 fully saturated rings. The Kier molecular flexibility index (Phi) is 6.44. The number of carbonyl (C=O) groups excluding carboxylic acids is 2. The number of rotatable bonds is 6. The number of carboxylic acids is 1. The van der Waals surface area contributed by atoms with Gasteiger partial charge in [0.05, 0.1) is 30.5 Å². The number of carbonyl (C=O) groups is 3. The second kappa shape index (κ2) is 8.67. The maximum absolute atomic E-state index is 13.6. The molecule has 5 rings (SSSR count). The number of fused-ring (bicyclic) bond motifs is 2. The number of ether oxygens (including phenoxy) is 2. The molecule has 0 unspecified atom stereocenters. The van der Waals surface area contributed by atoms with E-state index >= 15 is 0 Å². The van der Waals surface area contributed by atoms with Gasteiger partial charge in [0.25, 0.3) is 0 Å². The van der Waals surface area contributed by atoms with Gasteiger partial charge in [-0.1, -0.05) is 38.8 Å². The van der Waals surface area contributed by atoms with E-state index in [9.17, 15) is 19.5 Å². The lowest BCUT2D eigenvalue weighted by Gasteiger charge is -2.69. The van der Waals surface area contributed by atoms with Gasteiger partial charge in [-0.2, -0.15) is 0 Å². The van der Waals surface area contributed by atoms with Crippen LogP contribution in [-0.4, -0.2) is 36.2 Å². The smallest absolute Gasteiger partial charge is 0.310 e. The molecule has 5 aliphatic rings. The van der Waals surface area contributed by atoms with Crippen molar-refractivity contribution in [3.05, 3.63) is 11.6 Å². The van der Waals surface area contributed by atoms with Crippen molar-refractivity contribution in [2.24, 2.45) is 51.8 Å². The Hall–Kier alpha value is -1.85. The summed E-state index contributed by atoms with van der Waals surface area (Å²) < 4.78 is 11.2. The zero-order valence-corrected chi connectivity index (χ0v) is 21.7. The van der Waals surface area contributed by atoms with E-state index in [-0.39, 0.29) is 54.2 Å². The summed E-state index contributed by atoms with van der Waals surface area (Å²) in [7, 11) is 0. The quantitative estimate of drug-likeness (QED) is 0.417. The lowest BCUT2D eigenvalue weighted by atomic mass is 9.34. The molecule has 0 aliphatic heterocycles. The molecule has 0 radical (unpaired) electrons. The van der Waals surface area contributed by atoms with Crippen molar-refractivity contribution in [2.75, 3.05) is 13.2 Å². The third kappa shape index (κ3) is 3.37. The molecule has 1 N–H and O–H groups in total. The SMILES string of the molecule is CCOC(=O)[C@@H]1[C@@H](C(=O)OCC)[C@@]23C=C(C(C)C)[C@@H]1C[C@@H]2[C@@]1(C)CCC[C@@](C)(C(=O)O)[C@@H]1CC3. The molecule has 6 nitrogen and oxygen atoms in total. The van der Waals surface area contributed by atoms with Crippen molar-refractivity contribution in [3.8, 4) is 0 Å². The zero-order chi connectivity index (χ0) is 25.1. The Bertz CT molecular complexity index is 891. The van der Waals surface area contributed by atoms with E-state index < -0.39 is 28.6 Å². The topological polar surface area (TPSA) is 89.9 Å². The Morgan fingerprint density at radius 1 is 1.03 bits per heavy atom. The Morgan fingerprint density at radius 3 is 2.26 bits per heavy atom. The van der Waals surface area contributed by atoms with Crippen LogP contribution in [0, 0.1) is 51.8 Å². The van der Waals surface area contributed by atoms with E-state index in [4.69, 9.17) is 9.47 Å². The van der Waals surface area contributed by atoms with Crippen LogP contribution in [0.4, 0.5) is 0 Å². The molecule has 34 heavy (non-hydrogen) atoms. The molecule has 190 valence electrons. The van der Waals surface area contributed by atoms with Gasteiger partial charge in [0, 0.05) is 5.41 Å². The molecule has 6 heteroatoms. The predicted octanol–water partition coefficient (Wildman–Crippen LogP) is 5.25. The van der Waals surface area contributed by atoms with Gasteiger partial charge in [-0.3, -0.25) is 14.4 Å². The first kappa shape index (κ1) is 25.2. The normalized spacial score (nSPS) is 42.9. The molecule has 0 heterocycles. The zero-order valence-electron chi connectivity index (χ0n) is 21.7. The molecule has 1 spiro atoms. The molecule has 0 aromatic carbocycles. The Morgan fingerprint density at radius 2 is 1.68 bits per heavy atom. The second-order valence-corrected chi connectivity index (χ2v) is 12.0. The molecule has 3 saturated carbocycles. The van der Waals surface area contributed by atoms with Crippen molar-refractivity contribution >= 4 is 17.9 Å². The summed E-state index contributed by atoms with van der Waals surface area (Å²) in [6.45, 7) is 12.7. The second-order valence-electron chi connectivity index (χ2n) is 12.0. The fourth-order valence-corrected chi connectivity index (χ4v) is 9.00. The highest BCUT2D eigenvalue weighted by atomic mass is 16.5. The third-order valence-corrected chi connectivity index (χ3v) is 10.3. The number of aliphatic carboxylic acids is 1. The predicted molar refractivity (Wildman–Crippen MR) is 128 cm³/mol. The highest BCUT2D eigenvalue weighted by Crippen LogP contribution is 2.73. The lowest BCUT2D eigenvalue weighted by Crippen LogP contribution is -2.66. The van der Waals surface area contributed by atoms with Crippen molar-refractivity contribution < 1.29 is 29.0 Å². The Labute approximate surface area is 203 Å². The van der Waals surface area contributed by atoms with Crippen LogP contribution in [0.1, 0.15) is 80.1 Å². The van der Waals surface area contributed by atoms with E-state index in [1.807, 2.05) is 6.92 Å². The van der Waals surface area contributed by atoms with Crippen LogP contribution in [-0.2, 0) is 23.9 Å². The number of esters is 2. The molecular formula is C28H42O6. The summed E-state index contributed by atoms with van der Waals surface area (Å²) in [4.78, 5) is 39.4. The van der Waals surface area contributed by atoms with E-state index in [2.05, 4.69) is 26.8 Å².